The van der Waals surface area contributed by atoms with Crippen LogP contribution in [-0.4, -0.2) is 34.5 Å². The van der Waals surface area contributed by atoms with E-state index in [1.165, 1.54) is 6.33 Å². The lowest BCUT2D eigenvalue weighted by atomic mass is 9.75. The number of rotatable bonds is 0. The second-order valence-corrected chi connectivity index (χ2v) is 6.40. The highest BCUT2D eigenvalue weighted by Crippen LogP contribution is 2.47. The lowest BCUT2D eigenvalue weighted by Crippen LogP contribution is -2.52. The van der Waals surface area contributed by atoms with Gasteiger partial charge in [-0.15, -0.1) is 0 Å². The molecule has 1 N–H and O–H groups in total. The molecule has 2 aliphatic rings. The van der Waals surface area contributed by atoms with Gasteiger partial charge in [-0.3, -0.25) is 9.69 Å². The first kappa shape index (κ1) is 12.5. The van der Waals surface area contributed by atoms with Gasteiger partial charge in [0.05, 0.1) is 5.41 Å². The first-order valence-corrected chi connectivity index (χ1v) is 6.83. The SMILES string of the molecule is CC(C)(C)N1C(=O)C2(CCNCC2)c2cncnc21. The Balaban J connectivity index is 2.17. The Kier molecular flexibility index (Phi) is 2.64. The largest absolute Gasteiger partial charge is 0.317 e. The van der Waals surface area contributed by atoms with Crippen molar-refractivity contribution in [3.05, 3.63) is 18.1 Å². The fourth-order valence-corrected chi connectivity index (χ4v) is 3.22. The minimum Gasteiger partial charge on any atom is -0.317 e. The van der Waals surface area contributed by atoms with Crippen LogP contribution < -0.4 is 10.2 Å². The van der Waals surface area contributed by atoms with Crippen LogP contribution in [0.2, 0.25) is 0 Å². The number of hydrogen-bond donors (Lipinski definition) is 1. The third kappa shape index (κ3) is 1.68. The zero-order valence-electron chi connectivity index (χ0n) is 11.7. The van der Waals surface area contributed by atoms with E-state index < -0.39 is 5.41 Å². The highest BCUT2D eigenvalue weighted by Gasteiger charge is 2.54. The summed E-state index contributed by atoms with van der Waals surface area (Å²) in [6.45, 7) is 7.90. The molecule has 1 aromatic rings. The maximum Gasteiger partial charge on any atom is 0.239 e. The summed E-state index contributed by atoms with van der Waals surface area (Å²) in [5.41, 5.74) is 0.348. The fourth-order valence-electron chi connectivity index (χ4n) is 3.22. The van der Waals surface area contributed by atoms with Crippen molar-refractivity contribution in [1.29, 1.82) is 0 Å². The Morgan fingerprint density at radius 2 is 2.00 bits per heavy atom. The van der Waals surface area contributed by atoms with E-state index >= 15 is 0 Å². The Hall–Kier alpha value is -1.49. The molecule has 0 aromatic carbocycles. The van der Waals surface area contributed by atoms with Gasteiger partial charge in [0.1, 0.15) is 12.1 Å². The minimum atomic E-state index is -0.408. The Morgan fingerprint density at radius 1 is 1.32 bits per heavy atom. The predicted molar refractivity (Wildman–Crippen MR) is 73.1 cm³/mol. The molecule has 0 saturated carbocycles. The van der Waals surface area contributed by atoms with Gasteiger partial charge in [0.25, 0.3) is 0 Å². The van der Waals surface area contributed by atoms with Crippen molar-refractivity contribution in [2.75, 3.05) is 18.0 Å². The number of nitrogens with one attached hydrogen (secondary N) is 1. The van der Waals surface area contributed by atoms with Crippen LogP contribution in [0.5, 0.6) is 0 Å². The maximum absolute atomic E-state index is 13.0. The van der Waals surface area contributed by atoms with Crippen molar-refractivity contribution in [2.45, 2.75) is 44.6 Å². The molecule has 19 heavy (non-hydrogen) atoms. The summed E-state index contributed by atoms with van der Waals surface area (Å²) >= 11 is 0. The zero-order chi connectivity index (χ0) is 13.7. The van der Waals surface area contributed by atoms with E-state index in [0.717, 1.165) is 37.3 Å². The second kappa shape index (κ2) is 4.00. The third-order valence-electron chi connectivity index (χ3n) is 4.16. The molecule has 2 aliphatic heterocycles. The molecule has 5 heteroatoms. The lowest BCUT2D eigenvalue weighted by molar-refractivity contribution is -0.125. The van der Waals surface area contributed by atoms with Gasteiger partial charge in [-0.25, -0.2) is 9.97 Å². The standard InChI is InChI=1S/C14H20N4O/c1-13(2,3)18-11-10(8-16-9-17-11)14(12(18)19)4-6-15-7-5-14/h8-9,15H,4-7H2,1-3H3. The van der Waals surface area contributed by atoms with Crippen LogP contribution >= 0.6 is 0 Å². The quantitative estimate of drug-likeness (QED) is 0.762. The molecule has 1 aromatic heterocycles. The third-order valence-corrected chi connectivity index (χ3v) is 4.16. The molecule has 0 bridgehead atoms. The number of carbonyl (C=O) groups excluding carboxylic acids is 1. The first-order valence-electron chi connectivity index (χ1n) is 6.83. The number of nitrogens with zero attached hydrogens (tertiary/aromatic N) is 3. The van der Waals surface area contributed by atoms with Gasteiger partial charge in [0.2, 0.25) is 5.91 Å². The van der Waals surface area contributed by atoms with Crippen LogP contribution in [0.15, 0.2) is 12.5 Å². The predicted octanol–water partition coefficient (Wildman–Crippen LogP) is 1.24. The Morgan fingerprint density at radius 3 is 2.63 bits per heavy atom. The van der Waals surface area contributed by atoms with Crippen LogP contribution in [-0.2, 0) is 10.2 Å². The number of carbonyl (C=O) groups is 1. The van der Waals surface area contributed by atoms with E-state index in [1.54, 1.807) is 0 Å². The molecule has 1 spiro atoms. The number of amides is 1. The second-order valence-electron chi connectivity index (χ2n) is 6.40. The van der Waals surface area contributed by atoms with E-state index in [2.05, 4.69) is 36.1 Å². The van der Waals surface area contributed by atoms with Crippen LogP contribution in [0.4, 0.5) is 5.82 Å². The minimum absolute atomic E-state index is 0.192. The van der Waals surface area contributed by atoms with E-state index in [-0.39, 0.29) is 11.4 Å². The summed E-state index contributed by atoms with van der Waals surface area (Å²) in [6.07, 6.45) is 5.03. The van der Waals surface area contributed by atoms with Gasteiger partial charge in [-0.2, -0.15) is 0 Å². The molecule has 0 unspecified atom stereocenters. The van der Waals surface area contributed by atoms with Crippen LogP contribution in [0, 0.1) is 0 Å². The molecule has 3 heterocycles. The summed E-state index contributed by atoms with van der Waals surface area (Å²) in [5, 5.41) is 3.33. The number of anilines is 1. The number of aromatic nitrogens is 2. The summed E-state index contributed by atoms with van der Waals surface area (Å²) in [7, 11) is 0. The molecular formula is C14H20N4O. The highest BCUT2D eigenvalue weighted by atomic mass is 16.2. The van der Waals surface area contributed by atoms with Crippen molar-refractivity contribution in [3.8, 4) is 0 Å². The molecular weight excluding hydrogens is 240 g/mol. The Labute approximate surface area is 113 Å². The van der Waals surface area contributed by atoms with E-state index in [4.69, 9.17) is 0 Å². The van der Waals surface area contributed by atoms with E-state index in [9.17, 15) is 4.79 Å². The van der Waals surface area contributed by atoms with Crippen molar-refractivity contribution < 1.29 is 4.79 Å². The molecule has 5 nitrogen and oxygen atoms in total. The number of piperidine rings is 1. The van der Waals surface area contributed by atoms with Crippen LogP contribution in [0.1, 0.15) is 39.2 Å². The summed E-state index contributed by atoms with van der Waals surface area (Å²) < 4.78 is 0. The van der Waals surface area contributed by atoms with Crippen molar-refractivity contribution >= 4 is 11.7 Å². The van der Waals surface area contributed by atoms with Gasteiger partial charge in [-0.1, -0.05) is 0 Å². The molecule has 0 atom stereocenters. The molecule has 0 aliphatic carbocycles. The normalized spacial score (nSPS) is 21.8. The average molecular weight is 260 g/mol. The topological polar surface area (TPSA) is 58.1 Å². The van der Waals surface area contributed by atoms with Gasteiger partial charge in [0, 0.05) is 17.3 Å². The first-order chi connectivity index (χ1) is 8.97. The molecule has 1 fully saturated rings. The average Bonchev–Trinajstić information content (AvgIpc) is 2.61. The van der Waals surface area contributed by atoms with Gasteiger partial charge < -0.3 is 5.32 Å². The molecule has 3 rings (SSSR count). The summed E-state index contributed by atoms with van der Waals surface area (Å²) in [4.78, 5) is 23.4. The maximum atomic E-state index is 13.0. The number of fused-ring (bicyclic) bond motifs is 2. The lowest BCUT2D eigenvalue weighted by Gasteiger charge is -2.36. The molecule has 1 saturated heterocycles. The summed E-state index contributed by atoms with van der Waals surface area (Å²) in [6, 6.07) is 0. The molecule has 1 amide bonds. The van der Waals surface area contributed by atoms with E-state index in [1.807, 2.05) is 11.1 Å². The number of hydrogen-bond acceptors (Lipinski definition) is 4. The van der Waals surface area contributed by atoms with Crippen LogP contribution in [0.3, 0.4) is 0 Å². The summed E-state index contributed by atoms with van der Waals surface area (Å²) in [5.74, 6) is 0.992. The van der Waals surface area contributed by atoms with Crippen LogP contribution in [0.25, 0.3) is 0 Å². The Bertz CT molecular complexity index is 514. The molecule has 102 valence electrons. The smallest absolute Gasteiger partial charge is 0.239 e. The molecule has 0 radical (unpaired) electrons. The van der Waals surface area contributed by atoms with Gasteiger partial charge >= 0.3 is 0 Å². The van der Waals surface area contributed by atoms with Crippen molar-refractivity contribution in [2.24, 2.45) is 0 Å². The zero-order valence-corrected chi connectivity index (χ0v) is 11.7. The highest BCUT2D eigenvalue weighted by molar-refractivity contribution is 6.08. The van der Waals surface area contributed by atoms with Crippen molar-refractivity contribution in [3.63, 3.8) is 0 Å². The van der Waals surface area contributed by atoms with Crippen molar-refractivity contribution in [1.82, 2.24) is 15.3 Å². The van der Waals surface area contributed by atoms with Gasteiger partial charge in [0.15, 0.2) is 0 Å². The van der Waals surface area contributed by atoms with Gasteiger partial charge in [-0.05, 0) is 46.7 Å². The fraction of sp³-hybridized carbons (Fsp3) is 0.643. The van der Waals surface area contributed by atoms with E-state index in [0.29, 0.717) is 0 Å². The monoisotopic (exact) mass is 260 g/mol.